The van der Waals surface area contributed by atoms with Crippen LogP contribution in [0.5, 0.6) is 0 Å². The summed E-state index contributed by atoms with van der Waals surface area (Å²) >= 11 is 0. The molecule has 0 unspecified atom stereocenters. The molecule has 0 aliphatic rings. The van der Waals surface area contributed by atoms with Crippen molar-refractivity contribution in [1.29, 1.82) is 0 Å². The van der Waals surface area contributed by atoms with Gasteiger partial charge in [-0.05, 0) is 0 Å². The van der Waals surface area contributed by atoms with Crippen molar-refractivity contribution in [3.05, 3.63) is 0 Å². The van der Waals surface area contributed by atoms with Crippen LogP contribution in [-0.4, -0.2) is 32.1 Å². The molecule has 0 aliphatic heterocycles. The Labute approximate surface area is 70.7 Å². The van der Waals surface area contributed by atoms with Crippen LogP contribution >= 0.6 is 12.4 Å². The van der Waals surface area contributed by atoms with Crippen molar-refractivity contribution >= 4 is 24.3 Å². The Morgan fingerprint density at radius 1 is 1.55 bits per heavy atom. The lowest BCUT2D eigenvalue weighted by atomic mass is 10.5. The second-order valence-corrected chi connectivity index (χ2v) is 1.54. The van der Waals surface area contributed by atoms with Crippen molar-refractivity contribution in [3.63, 3.8) is 0 Å². The highest BCUT2D eigenvalue weighted by molar-refractivity contribution is 6.32. The van der Waals surface area contributed by atoms with E-state index < -0.39 is 11.9 Å². The molecule has 11 heavy (non-hydrogen) atoms. The minimum atomic E-state index is -0.895. The van der Waals surface area contributed by atoms with Crippen molar-refractivity contribution in [2.45, 2.75) is 0 Å². The van der Waals surface area contributed by atoms with Crippen molar-refractivity contribution in [2.24, 2.45) is 5.73 Å². The van der Waals surface area contributed by atoms with E-state index in [4.69, 9.17) is 5.73 Å². The molecule has 0 heterocycles. The molecule has 5 nitrogen and oxygen atoms in total. The van der Waals surface area contributed by atoms with Crippen LogP contribution in [0.1, 0.15) is 0 Å². The fourth-order valence-electron chi connectivity index (χ4n) is 0.351. The maximum Gasteiger partial charge on any atom is 0.396 e. The Balaban J connectivity index is 0. The Morgan fingerprint density at radius 3 is 2.45 bits per heavy atom. The van der Waals surface area contributed by atoms with E-state index in [1.54, 1.807) is 0 Å². The molecule has 1 amide bonds. The van der Waals surface area contributed by atoms with Crippen LogP contribution < -0.4 is 11.1 Å². The monoisotopic (exact) mass is 182 g/mol. The van der Waals surface area contributed by atoms with Gasteiger partial charge in [0, 0.05) is 13.1 Å². The lowest BCUT2D eigenvalue weighted by Gasteiger charge is -1.99. The predicted octanol–water partition coefficient (Wildman–Crippen LogP) is -1.34. The van der Waals surface area contributed by atoms with Gasteiger partial charge >= 0.3 is 11.9 Å². The first kappa shape index (κ1) is 12.8. The van der Waals surface area contributed by atoms with Gasteiger partial charge in [0.1, 0.15) is 0 Å². The van der Waals surface area contributed by atoms with E-state index in [1.807, 2.05) is 0 Å². The highest BCUT2D eigenvalue weighted by Crippen LogP contribution is 1.71. The van der Waals surface area contributed by atoms with Crippen LogP contribution in [0.4, 0.5) is 0 Å². The Bertz CT molecular complexity index is 140. The number of nitrogens with two attached hydrogens (primary N) is 1. The van der Waals surface area contributed by atoms with Gasteiger partial charge in [-0.15, -0.1) is 12.4 Å². The van der Waals surface area contributed by atoms with E-state index in [0.717, 1.165) is 7.11 Å². The molecule has 0 rings (SSSR count). The molecule has 66 valence electrons. The quantitative estimate of drug-likeness (QED) is 0.409. The molecular formula is C5H11ClN2O3. The van der Waals surface area contributed by atoms with Gasteiger partial charge in [-0.2, -0.15) is 0 Å². The largest absolute Gasteiger partial charge is 0.462 e. The van der Waals surface area contributed by atoms with Gasteiger partial charge in [0.2, 0.25) is 0 Å². The Hall–Kier alpha value is -0.810. The van der Waals surface area contributed by atoms with E-state index >= 15 is 0 Å². The number of halogens is 1. The molecule has 0 radical (unpaired) electrons. The maximum atomic E-state index is 10.5. The van der Waals surface area contributed by atoms with Gasteiger partial charge in [-0.1, -0.05) is 0 Å². The molecule has 0 aromatic carbocycles. The first-order chi connectivity index (χ1) is 4.72. The molecule has 0 bridgehead atoms. The summed E-state index contributed by atoms with van der Waals surface area (Å²) in [5, 5.41) is 2.24. The predicted molar refractivity (Wildman–Crippen MR) is 41.3 cm³/mol. The number of rotatable bonds is 2. The van der Waals surface area contributed by atoms with E-state index in [9.17, 15) is 9.59 Å². The average molecular weight is 183 g/mol. The van der Waals surface area contributed by atoms with Gasteiger partial charge in [0.05, 0.1) is 7.11 Å². The van der Waals surface area contributed by atoms with Crippen molar-refractivity contribution in [3.8, 4) is 0 Å². The molecule has 0 aromatic rings. The summed E-state index contributed by atoms with van der Waals surface area (Å²) in [5.74, 6) is -1.65. The number of hydrogen-bond donors (Lipinski definition) is 2. The lowest BCUT2D eigenvalue weighted by molar-refractivity contribution is -0.152. The second kappa shape index (κ2) is 7.30. The molecular weight excluding hydrogens is 172 g/mol. The Kier molecular flexibility index (Phi) is 8.51. The third-order valence-electron chi connectivity index (χ3n) is 0.801. The lowest BCUT2D eigenvalue weighted by Crippen LogP contribution is -2.35. The number of carbonyl (C=O) groups excluding carboxylic acids is 2. The smallest absolute Gasteiger partial charge is 0.396 e. The van der Waals surface area contributed by atoms with Gasteiger partial charge < -0.3 is 15.8 Å². The average Bonchev–Trinajstić information content (AvgIpc) is 1.98. The molecule has 6 heteroatoms. The van der Waals surface area contributed by atoms with Gasteiger partial charge in [0.15, 0.2) is 0 Å². The van der Waals surface area contributed by atoms with Crippen LogP contribution in [0.25, 0.3) is 0 Å². The van der Waals surface area contributed by atoms with Crippen LogP contribution in [0.2, 0.25) is 0 Å². The number of esters is 1. The number of amides is 1. The van der Waals surface area contributed by atoms with Crippen molar-refractivity contribution in [1.82, 2.24) is 5.32 Å². The number of carbonyl (C=O) groups is 2. The van der Waals surface area contributed by atoms with Crippen molar-refractivity contribution in [2.75, 3.05) is 20.2 Å². The zero-order valence-corrected chi connectivity index (χ0v) is 6.94. The minimum Gasteiger partial charge on any atom is -0.462 e. The first-order valence-corrected chi connectivity index (χ1v) is 2.78. The van der Waals surface area contributed by atoms with E-state index in [0.29, 0.717) is 6.54 Å². The fraction of sp³-hybridized carbons (Fsp3) is 0.600. The van der Waals surface area contributed by atoms with Crippen LogP contribution in [0.15, 0.2) is 0 Å². The molecule has 0 aliphatic carbocycles. The summed E-state index contributed by atoms with van der Waals surface area (Å²) < 4.78 is 4.12. The third-order valence-corrected chi connectivity index (χ3v) is 0.801. The summed E-state index contributed by atoms with van der Waals surface area (Å²) in [6.45, 7) is 0.594. The standard InChI is InChI=1S/C5H10N2O3.ClH/c1-10-5(9)4(8)7-3-2-6;/h2-3,6H2,1H3,(H,7,8);1H. The fourth-order valence-corrected chi connectivity index (χ4v) is 0.351. The van der Waals surface area contributed by atoms with Crippen LogP contribution in [0, 0.1) is 0 Å². The Morgan fingerprint density at radius 2 is 2.09 bits per heavy atom. The molecule has 0 atom stereocenters. The summed E-state index contributed by atoms with van der Waals surface area (Å²) in [5.41, 5.74) is 5.05. The summed E-state index contributed by atoms with van der Waals surface area (Å²) in [6, 6.07) is 0. The van der Waals surface area contributed by atoms with Gasteiger partial charge in [0.25, 0.3) is 0 Å². The normalized spacial score (nSPS) is 7.82. The zero-order valence-electron chi connectivity index (χ0n) is 6.12. The third kappa shape index (κ3) is 5.63. The highest BCUT2D eigenvalue weighted by Gasteiger charge is 2.10. The molecule has 0 fully saturated rings. The number of methoxy groups -OCH3 is 1. The van der Waals surface area contributed by atoms with E-state index in [2.05, 4.69) is 10.1 Å². The SMILES string of the molecule is COC(=O)C(=O)NCCN.Cl. The number of nitrogens with one attached hydrogen (secondary N) is 1. The van der Waals surface area contributed by atoms with E-state index in [-0.39, 0.29) is 19.0 Å². The number of ether oxygens (including phenoxy) is 1. The summed E-state index contributed by atoms with van der Waals surface area (Å²) in [4.78, 5) is 20.8. The molecule has 0 saturated heterocycles. The van der Waals surface area contributed by atoms with Gasteiger partial charge in [-0.3, -0.25) is 4.79 Å². The topological polar surface area (TPSA) is 81.4 Å². The molecule has 0 spiro atoms. The van der Waals surface area contributed by atoms with E-state index in [1.165, 1.54) is 0 Å². The second-order valence-electron chi connectivity index (χ2n) is 1.54. The maximum absolute atomic E-state index is 10.5. The van der Waals surface area contributed by atoms with Crippen molar-refractivity contribution < 1.29 is 14.3 Å². The van der Waals surface area contributed by atoms with Crippen LogP contribution in [0.3, 0.4) is 0 Å². The van der Waals surface area contributed by atoms with Crippen LogP contribution in [-0.2, 0) is 14.3 Å². The molecule has 0 aromatic heterocycles. The molecule has 0 saturated carbocycles. The van der Waals surface area contributed by atoms with Gasteiger partial charge in [-0.25, -0.2) is 4.79 Å². The molecule has 3 N–H and O–H groups in total. The zero-order chi connectivity index (χ0) is 7.98. The number of hydrogen-bond acceptors (Lipinski definition) is 4. The highest BCUT2D eigenvalue weighted by atomic mass is 35.5. The summed E-state index contributed by atoms with van der Waals surface area (Å²) in [7, 11) is 1.14. The summed E-state index contributed by atoms with van der Waals surface area (Å²) in [6.07, 6.45) is 0. The minimum absolute atomic E-state index is 0. The first-order valence-electron chi connectivity index (χ1n) is 2.78.